The maximum atomic E-state index is 11.7. The van der Waals surface area contributed by atoms with Gasteiger partial charge in [0.15, 0.2) is 0 Å². The second-order valence-corrected chi connectivity index (χ2v) is 7.54. The van der Waals surface area contributed by atoms with E-state index < -0.39 is 10.0 Å². The van der Waals surface area contributed by atoms with E-state index in [0.29, 0.717) is 13.0 Å². The van der Waals surface area contributed by atoms with E-state index in [1.807, 2.05) is 18.4 Å². The Bertz CT molecular complexity index is 806. The maximum Gasteiger partial charge on any atom is 0.244 e. The summed E-state index contributed by atoms with van der Waals surface area (Å²) in [6.07, 6.45) is 3.93. The van der Waals surface area contributed by atoms with E-state index >= 15 is 0 Å². The van der Waals surface area contributed by atoms with Gasteiger partial charge in [0.1, 0.15) is 0 Å². The number of benzene rings is 1. The number of hydrogen-bond donors (Lipinski definition) is 2. The molecule has 0 bridgehead atoms. The Morgan fingerprint density at radius 1 is 1.26 bits per heavy atom. The van der Waals surface area contributed by atoms with Crippen molar-refractivity contribution in [1.82, 2.24) is 5.32 Å². The van der Waals surface area contributed by atoms with E-state index in [1.165, 1.54) is 18.2 Å². The molecule has 0 spiro atoms. The summed E-state index contributed by atoms with van der Waals surface area (Å²) in [5.74, 6) is -0.154. The van der Waals surface area contributed by atoms with E-state index in [9.17, 15) is 13.2 Å². The van der Waals surface area contributed by atoms with E-state index in [2.05, 4.69) is 5.32 Å². The average molecular weight is 350 g/mol. The third kappa shape index (κ3) is 5.31. The van der Waals surface area contributed by atoms with Crippen molar-refractivity contribution in [2.45, 2.75) is 18.2 Å². The summed E-state index contributed by atoms with van der Waals surface area (Å²) >= 11 is 1.59. The molecule has 5 nitrogen and oxygen atoms in total. The van der Waals surface area contributed by atoms with Gasteiger partial charge in [-0.05, 0) is 54.1 Å². The Kier molecular flexibility index (Phi) is 5.70. The normalized spacial score (nSPS) is 11.7. The van der Waals surface area contributed by atoms with Crippen LogP contribution in [0.15, 0.2) is 46.7 Å². The molecule has 0 atom stereocenters. The number of carbonyl (C=O) groups excluding carboxylic acids is 1. The third-order valence-electron chi connectivity index (χ3n) is 3.25. The molecule has 0 aliphatic rings. The lowest BCUT2D eigenvalue weighted by Crippen LogP contribution is -2.23. The summed E-state index contributed by atoms with van der Waals surface area (Å²) in [4.78, 5) is 12.9. The molecule has 1 amide bonds. The highest BCUT2D eigenvalue weighted by Crippen LogP contribution is 2.16. The first-order chi connectivity index (χ1) is 10.9. The van der Waals surface area contributed by atoms with E-state index in [1.54, 1.807) is 29.5 Å². The molecule has 23 heavy (non-hydrogen) atoms. The Balaban J connectivity index is 1.82. The molecule has 1 heterocycles. The SMILES string of the molecule is Cc1ccsc1/C=C/C(=O)NCCc1ccc(S(N)(=O)=O)cc1. The first-order valence-corrected chi connectivity index (χ1v) is 9.40. The minimum absolute atomic E-state index is 0.0829. The predicted octanol–water partition coefficient (Wildman–Crippen LogP) is 2.08. The van der Waals surface area contributed by atoms with Gasteiger partial charge in [-0.15, -0.1) is 11.3 Å². The monoisotopic (exact) mass is 350 g/mol. The minimum atomic E-state index is -3.66. The van der Waals surface area contributed by atoms with Crippen molar-refractivity contribution in [3.63, 3.8) is 0 Å². The molecule has 3 N–H and O–H groups in total. The summed E-state index contributed by atoms with van der Waals surface area (Å²) in [5, 5.41) is 9.82. The molecule has 0 fully saturated rings. The van der Waals surface area contributed by atoms with Gasteiger partial charge in [0, 0.05) is 17.5 Å². The topological polar surface area (TPSA) is 89.3 Å². The number of carbonyl (C=O) groups is 1. The number of primary sulfonamides is 1. The van der Waals surface area contributed by atoms with Crippen LogP contribution in [0.25, 0.3) is 6.08 Å². The first kappa shape index (κ1) is 17.4. The molecule has 0 aliphatic heterocycles. The maximum absolute atomic E-state index is 11.7. The second-order valence-electron chi connectivity index (χ2n) is 5.03. The lowest BCUT2D eigenvalue weighted by Gasteiger charge is -2.04. The van der Waals surface area contributed by atoms with E-state index in [-0.39, 0.29) is 10.8 Å². The quantitative estimate of drug-likeness (QED) is 0.782. The van der Waals surface area contributed by atoms with Gasteiger partial charge in [0.2, 0.25) is 15.9 Å². The van der Waals surface area contributed by atoms with Crippen LogP contribution in [0.3, 0.4) is 0 Å². The number of amides is 1. The van der Waals surface area contributed by atoms with Crippen LogP contribution in [0.5, 0.6) is 0 Å². The van der Waals surface area contributed by atoms with Crippen molar-refractivity contribution in [3.05, 3.63) is 57.8 Å². The summed E-state index contributed by atoms with van der Waals surface area (Å²) in [5.41, 5.74) is 2.07. The summed E-state index contributed by atoms with van der Waals surface area (Å²) < 4.78 is 22.3. The number of nitrogens with two attached hydrogens (primary N) is 1. The summed E-state index contributed by atoms with van der Waals surface area (Å²) in [7, 11) is -3.66. The van der Waals surface area contributed by atoms with Crippen molar-refractivity contribution < 1.29 is 13.2 Å². The van der Waals surface area contributed by atoms with Crippen LogP contribution < -0.4 is 10.5 Å². The number of sulfonamides is 1. The standard InChI is InChI=1S/C16H18N2O3S2/c1-12-9-11-22-15(12)6-7-16(19)18-10-8-13-2-4-14(5-3-13)23(17,20)21/h2-7,9,11H,8,10H2,1H3,(H,18,19)(H2,17,20,21)/b7-6+. The molecule has 1 aromatic heterocycles. The molecule has 2 rings (SSSR count). The van der Waals surface area contributed by atoms with Crippen LogP contribution in [0.2, 0.25) is 0 Å². The molecule has 0 unspecified atom stereocenters. The fourth-order valence-electron chi connectivity index (χ4n) is 1.94. The van der Waals surface area contributed by atoms with Gasteiger partial charge in [0.25, 0.3) is 0 Å². The fraction of sp³-hybridized carbons (Fsp3) is 0.188. The molecule has 122 valence electrons. The van der Waals surface area contributed by atoms with Crippen LogP contribution in [0.4, 0.5) is 0 Å². The largest absolute Gasteiger partial charge is 0.352 e. The molecule has 0 radical (unpaired) electrons. The molecule has 7 heteroatoms. The average Bonchev–Trinajstić information content (AvgIpc) is 2.90. The van der Waals surface area contributed by atoms with Crippen molar-refractivity contribution in [1.29, 1.82) is 0 Å². The van der Waals surface area contributed by atoms with Gasteiger partial charge in [-0.1, -0.05) is 12.1 Å². The van der Waals surface area contributed by atoms with Crippen LogP contribution in [-0.4, -0.2) is 20.9 Å². The third-order valence-corrected chi connectivity index (χ3v) is 5.17. The highest BCUT2D eigenvalue weighted by molar-refractivity contribution is 7.89. The molecule has 1 aromatic carbocycles. The van der Waals surface area contributed by atoms with Gasteiger partial charge in [-0.25, -0.2) is 13.6 Å². The predicted molar refractivity (Wildman–Crippen MR) is 92.6 cm³/mol. The summed E-state index contributed by atoms with van der Waals surface area (Å²) in [6, 6.07) is 8.32. The Morgan fingerprint density at radius 3 is 2.52 bits per heavy atom. The number of rotatable bonds is 6. The van der Waals surface area contributed by atoms with Gasteiger partial charge in [0.05, 0.1) is 4.90 Å². The van der Waals surface area contributed by atoms with Crippen molar-refractivity contribution in [2.75, 3.05) is 6.54 Å². The zero-order chi connectivity index (χ0) is 16.9. The van der Waals surface area contributed by atoms with Crippen LogP contribution in [0, 0.1) is 6.92 Å². The van der Waals surface area contributed by atoms with Gasteiger partial charge >= 0.3 is 0 Å². The van der Waals surface area contributed by atoms with E-state index in [4.69, 9.17) is 5.14 Å². The number of aryl methyl sites for hydroxylation is 1. The Morgan fingerprint density at radius 2 is 1.96 bits per heavy atom. The van der Waals surface area contributed by atoms with E-state index in [0.717, 1.165) is 16.0 Å². The molecule has 2 aromatic rings. The van der Waals surface area contributed by atoms with Crippen molar-refractivity contribution in [2.24, 2.45) is 5.14 Å². The lowest BCUT2D eigenvalue weighted by molar-refractivity contribution is -0.116. The zero-order valence-corrected chi connectivity index (χ0v) is 14.3. The highest BCUT2D eigenvalue weighted by Gasteiger charge is 2.06. The minimum Gasteiger partial charge on any atom is -0.352 e. The summed E-state index contributed by atoms with van der Waals surface area (Å²) in [6.45, 7) is 2.47. The Hall–Kier alpha value is -1.96. The molecular weight excluding hydrogens is 332 g/mol. The fourth-order valence-corrected chi connectivity index (χ4v) is 3.28. The van der Waals surface area contributed by atoms with Crippen LogP contribution in [-0.2, 0) is 21.2 Å². The molecule has 0 saturated heterocycles. The van der Waals surface area contributed by atoms with Crippen molar-refractivity contribution >= 4 is 33.3 Å². The van der Waals surface area contributed by atoms with Gasteiger partial charge in [-0.3, -0.25) is 4.79 Å². The smallest absolute Gasteiger partial charge is 0.244 e. The molecule has 0 aliphatic carbocycles. The van der Waals surface area contributed by atoms with Crippen LogP contribution >= 0.6 is 11.3 Å². The number of thiophene rings is 1. The van der Waals surface area contributed by atoms with Crippen LogP contribution in [0.1, 0.15) is 16.0 Å². The number of hydrogen-bond acceptors (Lipinski definition) is 4. The molecular formula is C16H18N2O3S2. The lowest BCUT2D eigenvalue weighted by atomic mass is 10.1. The highest BCUT2D eigenvalue weighted by atomic mass is 32.2. The van der Waals surface area contributed by atoms with Gasteiger partial charge < -0.3 is 5.32 Å². The zero-order valence-electron chi connectivity index (χ0n) is 12.7. The van der Waals surface area contributed by atoms with Gasteiger partial charge in [-0.2, -0.15) is 0 Å². The second kappa shape index (κ2) is 7.54. The van der Waals surface area contributed by atoms with Crippen molar-refractivity contribution in [3.8, 4) is 0 Å². The first-order valence-electron chi connectivity index (χ1n) is 6.98. The molecule has 0 saturated carbocycles. The number of nitrogens with one attached hydrogen (secondary N) is 1. The Labute approximate surface area is 139 Å².